The molecule has 6 nitrogen and oxygen atoms in total. The molecule has 43 heavy (non-hydrogen) atoms. The number of rotatable bonds is 3. The number of benzene rings is 1. The predicted molar refractivity (Wildman–Crippen MR) is 169 cm³/mol. The molecular weight excluding hydrogens is 536 g/mol. The fraction of sp³-hybridized carbons (Fsp3) is 0.703. The summed E-state index contributed by atoms with van der Waals surface area (Å²) in [7, 11) is 0. The van der Waals surface area contributed by atoms with Crippen LogP contribution in [0.3, 0.4) is 0 Å². The lowest BCUT2D eigenvalue weighted by Gasteiger charge is -2.70. The maximum absolute atomic E-state index is 14.2. The number of hydrogen-bond acceptors (Lipinski definition) is 6. The molecule has 5 aliphatic carbocycles. The molecule has 0 radical (unpaired) electrons. The van der Waals surface area contributed by atoms with E-state index < -0.39 is 10.8 Å². The minimum atomic E-state index is -0.462. The predicted octanol–water partition coefficient (Wildman–Crippen LogP) is 8.80. The Kier molecular flexibility index (Phi) is 7.03. The summed E-state index contributed by atoms with van der Waals surface area (Å²) in [5, 5.41) is 27.3. The van der Waals surface area contributed by atoms with Crippen molar-refractivity contribution in [1.82, 2.24) is 0 Å². The van der Waals surface area contributed by atoms with Gasteiger partial charge in [-0.25, -0.2) is 0 Å². The van der Waals surface area contributed by atoms with Gasteiger partial charge in [-0.3, -0.25) is 4.79 Å². The molecule has 1 aromatic rings. The Morgan fingerprint density at radius 3 is 2.28 bits per heavy atom. The molecule has 0 aliphatic heterocycles. The van der Waals surface area contributed by atoms with E-state index in [1.165, 1.54) is 5.57 Å². The van der Waals surface area contributed by atoms with Crippen molar-refractivity contribution in [1.29, 1.82) is 0 Å². The standard InChI is InChI=1S/C37H52N2O4/c1-32(2)17-19-37(31(40)43-23-24-11-9-8-10-12-24)20-18-35(6)25(26(37)21-32)13-14-29-34(5)22-27(38-41)30(39-42)33(3,4)28(34)15-16-36(29,35)7/h8-13,26,28-29,41-42H,14-23H2,1-7H3/b38-27+,39-30+/t26-,28-,29+,34-,35+,36+,37-/m0/s1. The van der Waals surface area contributed by atoms with Crippen LogP contribution in [0, 0.1) is 50.2 Å². The lowest BCUT2D eigenvalue weighted by Crippen LogP contribution is -2.66. The zero-order chi connectivity index (χ0) is 31.1. The number of carbonyl (C=O) groups is 1. The van der Waals surface area contributed by atoms with Crippen molar-refractivity contribution in [3.63, 3.8) is 0 Å². The van der Waals surface area contributed by atoms with Crippen LogP contribution in [-0.2, 0) is 16.1 Å². The van der Waals surface area contributed by atoms with Crippen molar-refractivity contribution in [3.8, 4) is 0 Å². The second-order valence-corrected chi connectivity index (χ2v) is 16.8. The first kappa shape index (κ1) is 30.4. The van der Waals surface area contributed by atoms with E-state index in [-0.39, 0.29) is 33.5 Å². The van der Waals surface area contributed by atoms with E-state index in [9.17, 15) is 15.2 Å². The van der Waals surface area contributed by atoms with Gasteiger partial charge in [-0.2, -0.15) is 0 Å². The van der Waals surface area contributed by atoms with Crippen LogP contribution in [-0.4, -0.2) is 27.8 Å². The minimum Gasteiger partial charge on any atom is -0.460 e. The lowest BCUT2D eigenvalue weighted by atomic mass is 9.33. The summed E-state index contributed by atoms with van der Waals surface area (Å²) < 4.78 is 6.16. The Bertz CT molecular complexity index is 1380. The molecule has 0 heterocycles. The lowest BCUT2D eigenvalue weighted by molar-refractivity contribution is -0.181. The highest BCUT2D eigenvalue weighted by Crippen LogP contribution is 2.75. The van der Waals surface area contributed by atoms with Gasteiger partial charge in [-0.05, 0) is 96.3 Å². The zero-order valence-electron chi connectivity index (χ0n) is 27.4. The Labute approximate surface area is 258 Å². The Morgan fingerprint density at radius 2 is 1.60 bits per heavy atom. The van der Waals surface area contributed by atoms with Gasteiger partial charge in [0, 0.05) is 11.8 Å². The quantitative estimate of drug-likeness (QED) is 0.160. The molecule has 7 atom stereocenters. The third-order valence-electron chi connectivity index (χ3n) is 14.0. The SMILES string of the molecule is CC1(C)CC[C@]2(C(=O)OCc3ccccc3)CC[C@]3(C)C(=CC[C@@H]4[C@@]5(C)CC(=N\O)/C(=N\O)C(C)(C)[C@@H]5CC[C@]43C)[C@@H]2C1. The van der Waals surface area contributed by atoms with E-state index in [1.807, 2.05) is 30.3 Å². The number of carbonyl (C=O) groups excluding carboxylic acids is 1. The first-order valence-corrected chi connectivity index (χ1v) is 16.5. The molecule has 2 N–H and O–H groups in total. The highest BCUT2D eigenvalue weighted by Gasteiger charge is 2.70. The number of esters is 1. The van der Waals surface area contributed by atoms with E-state index in [2.05, 4.69) is 64.9 Å². The van der Waals surface area contributed by atoms with Crippen LogP contribution < -0.4 is 0 Å². The van der Waals surface area contributed by atoms with E-state index in [0.29, 0.717) is 36.3 Å². The Morgan fingerprint density at radius 1 is 0.907 bits per heavy atom. The van der Waals surface area contributed by atoms with E-state index in [1.54, 1.807) is 0 Å². The Balaban J connectivity index is 1.39. The molecule has 0 saturated heterocycles. The molecule has 6 heteroatoms. The van der Waals surface area contributed by atoms with Crippen LogP contribution in [0.15, 0.2) is 52.3 Å². The molecule has 234 valence electrons. The van der Waals surface area contributed by atoms with Crippen molar-refractivity contribution in [2.24, 2.45) is 60.6 Å². The molecule has 1 aromatic carbocycles. The maximum Gasteiger partial charge on any atom is 0.313 e. The van der Waals surface area contributed by atoms with Gasteiger partial charge in [0.25, 0.3) is 0 Å². The fourth-order valence-electron chi connectivity index (χ4n) is 11.5. The number of nitrogens with zero attached hydrogens (tertiary/aromatic N) is 2. The van der Waals surface area contributed by atoms with Crippen LogP contribution in [0.5, 0.6) is 0 Å². The van der Waals surface area contributed by atoms with Crippen LogP contribution in [0.4, 0.5) is 0 Å². The third-order valence-corrected chi connectivity index (χ3v) is 14.0. The summed E-state index contributed by atoms with van der Waals surface area (Å²) >= 11 is 0. The van der Waals surface area contributed by atoms with Gasteiger partial charge in [0.2, 0.25) is 0 Å². The average Bonchev–Trinajstić information content (AvgIpc) is 2.96. The van der Waals surface area contributed by atoms with Crippen LogP contribution in [0.2, 0.25) is 0 Å². The molecule has 6 rings (SSSR count). The van der Waals surface area contributed by atoms with Gasteiger partial charge in [0.15, 0.2) is 0 Å². The number of allylic oxidation sites excluding steroid dienone is 2. The molecule has 4 saturated carbocycles. The molecular formula is C37H52N2O4. The second kappa shape index (κ2) is 9.94. The van der Waals surface area contributed by atoms with Crippen molar-refractivity contribution >= 4 is 17.4 Å². The first-order valence-electron chi connectivity index (χ1n) is 16.5. The monoisotopic (exact) mass is 588 g/mol. The minimum absolute atomic E-state index is 0.00333. The summed E-state index contributed by atoms with van der Waals surface area (Å²) in [6, 6.07) is 10.0. The van der Waals surface area contributed by atoms with Crippen LogP contribution >= 0.6 is 0 Å². The van der Waals surface area contributed by atoms with E-state index in [4.69, 9.17) is 4.74 Å². The van der Waals surface area contributed by atoms with Crippen molar-refractivity contribution in [2.45, 2.75) is 113 Å². The van der Waals surface area contributed by atoms with Gasteiger partial charge in [-0.15, -0.1) is 0 Å². The maximum atomic E-state index is 14.2. The first-order chi connectivity index (χ1) is 20.2. The largest absolute Gasteiger partial charge is 0.460 e. The molecule has 0 aromatic heterocycles. The summed E-state index contributed by atoms with van der Waals surface area (Å²) in [5.41, 5.74) is 2.81. The van der Waals surface area contributed by atoms with Crippen molar-refractivity contribution in [2.75, 3.05) is 0 Å². The van der Waals surface area contributed by atoms with E-state index >= 15 is 0 Å². The van der Waals surface area contributed by atoms with Crippen LogP contribution in [0.1, 0.15) is 112 Å². The molecule has 0 amide bonds. The van der Waals surface area contributed by atoms with Crippen LogP contribution in [0.25, 0.3) is 0 Å². The summed E-state index contributed by atoms with van der Waals surface area (Å²) in [5.74, 6) is 0.888. The second-order valence-electron chi connectivity index (χ2n) is 16.8. The molecule has 0 unspecified atom stereocenters. The molecule has 0 bridgehead atoms. The number of oxime groups is 2. The zero-order valence-corrected chi connectivity index (χ0v) is 27.4. The average molecular weight is 589 g/mol. The topological polar surface area (TPSA) is 91.5 Å². The highest BCUT2D eigenvalue weighted by atomic mass is 16.5. The molecule has 4 fully saturated rings. The van der Waals surface area contributed by atoms with Gasteiger partial charge >= 0.3 is 5.97 Å². The van der Waals surface area contributed by atoms with Gasteiger partial charge in [0.1, 0.15) is 18.0 Å². The molecule has 0 spiro atoms. The van der Waals surface area contributed by atoms with Crippen molar-refractivity contribution < 1.29 is 19.9 Å². The number of ether oxygens (including phenoxy) is 1. The summed E-state index contributed by atoms with van der Waals surface area (Å²) in [6.07, 6.45) is 11.1. The van der Waals surface area contributed by atoms with Gasteiger partial charge in [-0.1, -0.05) is 101 Å². The van der Waals surface area contributed by atoms with Crippen molar-refractivity contribution in [3.05, 3.63) is 47.5 Å². The summed E-state index contributed by atoms with van der Waals surface area (Å²) in [6.45, 7) is 16.8. The smallest absolute Gasteiger partial charge is 0.313 e. The van der Waals surface area contributed by atoms with E-state index in [0.717, 1.165) is 56.9 Å². The normalized spacial score (nSPS) is 43.0. The fourth-order valence-corrected chi connectivity index (χ4v) is 11.5. The van der Waals surface area contributed by atoms with Gasteiger partial charge in [0.05, 0.1) is 5.41 Å². The van der Waals surface area contributed by atoms with Gasteiger partial charge < -0.3 is 15.2 Å². The highest BCUT2D eigenvalue weighted by molar-refractivity contribution is 6.44. The number of fused-ring (bicyclic) bond motifs is 7. The Hall–Kier alpha value is -2.63. The third kappa shape index (κ3) is 4.20. The number of hydrogen-bond donors (Lipinski definition) is 2. The summed E-state index contributed by atoms with van der Waals surface area (Å²) in [4.78, 5) is 14.2. The molecule has 5 aliphatic rings.